The van der Waals surface area contributed by atoms with Gasteiger partial charge in [-0.05, 0) is 41.5 Å². The number of carbonyl (C=O) groups excluding carboxylic acids is 2. The zero-order valence-corrected chi connectivity index (χ0v) is 19.4. The van der Waals surface area contributed by atoms with Gasteiger partial charge in [0.15, 0.2) is 0 Å². The number of carboxylic acid groups (broad SMARTS) is 1. The summed E-state index contributed by atoms with van der Waals surface area (Å²) in [6.45, 7) is 13.8. The third-order valence-corrected chi connectivity index (χ3v) is 4.25. The highest BCUT2D eigenvalue weighted by atomic mass is 16.6. The van der Waals surface area contributed by atoms with Gasteiger partial charge in [0.25, 0.3) is 0 Å². The zero-order valence-electron chi connectivity index (χ0n) is 19.4. The molecule has 0 bridgehead atoms. The van der Waals surface area contributed by atoms with Crippen molar-refractivity contribution in [3.8, 4) is 0 Å². The number of amides is 2. The van der Waals surface area contributed by atoms with Crippen molar-refractivity contribution >= 4 is 18.2 Å². The van der Waals surface area contributed by atoms with E-state index in [1.165, 1.54) is 4.90 Å². The molecule has 4 N–H and O–H groups in total. The third kappa shape index (κ3) is 10.7. The number of nitrogens with one attached hydrogen (secondary N) is 2. The van der Waals surface area contributed by atoms with Crippen molar-refractivity contribution in [1.29, 1.82) is 0 Å². The van der Waals surface area contributed by atoms with Crippen LogP contribution in [0.15, 0.2) is 0 Å². The maximum Gasteiger partial charge on any atom is 0.410 e. The minimum Gasteiger partial charge on any atom is -0.480 e. The quantitative estimate of drug-likeness (QED) is 0.476. The number of hydrogen-bond donors (Lipinski definition) is 4. The molecule has 2 fully saturated rings. The molecule has 11 heteroatoms. The maximum absolute atomic E-state index is 11.7. The predicted molar refractivity (Wildman–Crippen MR) is 114 cm³/mol. The number of nitrogens with zero attached hydrogens (tertiary/aromatic N) is 2. The van der Waals surface area contributed by atoms with E-state index in [0.717, 1.165) is 0 Å². The minimum atomic E-state index is -0.951. The molecule has 0 aromatic carbocycles. The fourth-order valence-electron chi connectivity index (χ4n) is 2.85. The highest BCUT2D eigenvalue weighted by molar-refractivity contribution is 5.76. The summed E-state index contributed by atoms with van der Waals surface area (Å²) in [7, 11) is 0. The number of aliphatic hydroxyl groups is 1. The van der Waals surface area contributed by atoms with Gasteiger partial charge in [-0.3, -0.25) is 4.79 Å². The molecule has 0 aliphatic carbocycles. The summed E-state index contributed by atoms with van der Waals surface area (Å²) in [5, 5.41) is 23.7. The van der Waals surface area contributed by atoms with E-state index >= 15 is 0 Å². The number of piperazine rings is 2. The van der Waals surface area contributed by atoms with E-state index in [9.17, 15) is 14.4 Å². The fraction of sp³-hybridized carbons (Fsp3) is 0.850. The van der Waals surface area contributed by atoms with Crippen molar-refractivity contribution in [3.05, 3.63) is 0 Å². The van der Waals surface area contributed by atoms with E-state index in [4.69, 9.17) is 19.7 Å². The fourth-order valence-corrected chi connectivity index (χ4v) is 2.85. The summed E-state index contributed by atoms with van der Waals surface area (Å²) in [6, 6.07) is -0.743. The molecule has 2 amide bonds. The van der Waals surface area contributed by atoms with E-state index in [0.29, 0.717) is 32.7 Å². The molecule has 2 rings (SSSR count). The van der Waals surface area contributed by atoms with Crippen LogP contribution in [0.1, 0.15) is 41.5 Å². The minimum absolute atomic E-state index is 0.0359. The topological polar surface area (TPSA) is 141 Å². The van der Waals surface area contributed by atoms with Gasteiger partial charge in [-0.1, -0.05) is 0 Å². The largest absolute Gasteiger partial charge is 0.480 e. The summed E-state index contributed by atoms with van der Waals surface area (Å²) < 4.78 is 10.4. The molecule has 0 spiro atoms. The highest BCUT2D eigenvalue weighted by Gasteiger charge is 2.30. The van der Waals surface area contributed by atoms with Crippen LogP contribution < -0.4 is 10.6 Å². The first kappa shape index (κ1) is 26.9. The molecule has 2 unspecified atom stereocenters. The first-order valence-corrected chi connectivity index (χ1v) is 10.5. The number of hydrogen-bond acceptors (Lipinski definition) is 8. The Morgan fingerprint density at radius 1 is 0.871 bits per heavy atom. The second kappa shape index (κ2) is 11.5. The van der Waals surface area contributed by atoms with Crippen molar-refractivity contribution in [1.82, 2.24) is 20.4 Å². The Morgan fingerprint density at radius 2 is 1.32 bits per heavy atom. The normalized spacial score (nSPS) is 22.2. The lowest BCUT2D eigenvalue weighted by molar-refractivity contribution is -0.140. The number of rotatable bonds is 2. The second-order valence-corrected chi connectivity index (χ2v) is 9.53. The van der Waals surface area contributed by atoms with E-state index in [1.807, 2.05) is 20.8 Å². The summed E-state index contributed by atoms with van der Waals surface area (Å²) in [4.78, 5) is 37.1. The lowest BCUT2D eigenvalue weighted by Gasteiger charge is -2.34. The SMILES string of the molecule is CC(C)(C)OC(=O)N1CCNC(C(=O)O)C1.CC(C)(C)OC(=O)N1CCNC(CO)C1. The molecule has 2 heterocycles. The molecule has 2 atom stereocenters. The van der Waals surface area contributed by atoms with Gasteiger partial charge in [0, 0.05) is 38.8 Å². The number of ether oxygens (including phenoxy) is 2. The molecule has 180 valence electrons. The smallest absolute Gasteiger partial charge is 0.410 e. The average Bonchev–Trinajstić information content (AvgIpc) is 2.66. The Labute approximate surface area is 184 Å². The second-order valence-electron chi connectivity index (χ2n) is 9.53. The van der Waals surface area contributed by atoms with Gasteiger partial charge in [0.1, 0.15) is 17.2 Å². The first-order chi connectivity index (χ1) is 14.2. The van der Waals surface area contributed by atoms with Crippen LogP contribution in [0.25, 0.3) is 0 Å². The summed E-state index contributed by atoms with van der Waals surface area (Å²) in [6.07, 6.45) is -0.761. The van der Waals surface area contributed by atoms with E-state index in [1.54, 1.807) is 25.7 Å². The van der Waals surface area contributed by atoms with Gasteiger partial charge in [0.05, 0.1) is 13.2 Å². The molecular weight excluding hydrogens is 408 g/mol. The summed E-state index contributed by atoms with van der Waals surface area (Å²) in [5.74, 6) is -0.951. The van der Waals surface area contributed by atoms with Gasteiger partial charge in [-0.2, -0.15) is 0 Å². The van der Waals surface area contributed by atoms with E-state index < -0.39 is 29.3 Å². The number of carbonyl (C=O) groups is 3. The molecule has 0 aromatic rings. The highest BCUT2D eigenvalue weighted by Crippen LogP contribution is 2.12. The van der Waals surface area contributed by atoms with Crippen LogP contribution in [0.3, 0.4) is 0 Å². The van der Waals surface area contributed by atoms with Crippen LogP contribution >= 0.6 is 0 Å². The van der Waals surface area contributed by atoms with Gasteiger partial charge >= 0.3 is 18.2 Å². The Balaban J connectivity index is 0.000000311. The molecule has 0 aromatic heterocycles. The Hall–Kier alpha value is -2.11. The molecule has 2 saturated heterocycles. The predicted octanol–water partition coefficient (Wildman–Crippen LogP) is 0.468. The molecule has 2 aliphatic rings. The molecule has 0 radical (unpaired) electrons. The summed E-state index contributed by atoms with van der Waals surface area (Å²) >= 11 is 0. The summed E-state index contributed by atoms with van der Waals surface area (Å²) in [5.41, 5.74) is -1.02. The van der Waals surface area contributed by atoms with Crippen LogP contribution in [-0.4, -0.2) is 107 Å². The zero-order chi connectivity index (χ0) is 23.8. The number of aliphatic carboxylic acids is 1. The lowest BCUT2D eigenvalue weighted by Crippen LogP contribution is -2.56. The van der Waals surface area contributed by atoms with Crippen LogP contribution in [0, 0.1) is 0 Å². The Morgan fingerprint density at radius 3 is 1.74 bits per heavy atom. The maximum atomic E-state index is 11.7. The Bertz CT molecular complexity index is 616. The average molecular weight is 447 g/mol. The number of aliphatic hydroxyl groups excluding tert-OH is 1. The Kier molecular flexibility index (Phi) is 9.98. The molecule has 31 heavy (non-hydrogen) atoms. The van der Waals surface area contributed by atoms with Crippen LogP contribution in [0.5, 0.6) is 0 Å². The molecule has 0 saturated carbocycles. The van der Waals surface area contributed by atoms with Crippen LogP contribution in [-0.2, 0) is 14.3 Å². The van der Waals surface area contributed by atoms with Gasteiger partial charge in [-0.15, -0.1) is 0 Å². The van der Waals surface area contributed by atoms with Gasteiger partial charge in [0.2, 0.25) is 0 Å². The van der Waals surface area contributed by atoms with Crippen molar-refractivity contribution in [3.63, 3.8) is 0 Å². The van der Waals surface area contributed by atoms with Gasteiger partial charge < -0.3 is 40.1 Å². The van der Waals surface area contributed by atoms with Crippen molar-refractivity contribution in [2.75, 3.05) is 45.9 Å². The van der Waals surface area contributed by atoms with Crippen molar-refractivity contribution in [2.45, 2.75) is 64.8 Å². The monoisotopic (exact) mass is 446 g/mol. The molecule has 11 nitrogen and oxygen atoms in total. The third-order valence-electron chi connectivity index (χ3n) is 4.25. The first-order valence-electron chi connectivity index (χ1n) is 10.5. The standard InChI is InChI=1S/C10H18N2O4.C10H20N2O3/c1-10(2,3)16-9(15)12-5-4-11-7(6-12)8(13)14;1-10(2,3)15-9(14)12-5-4-11-8(6-12)7-13/h7,11H,4-6H2,1-3H3,(H,13,14);8,11,13H,4-7H2,1-3H3. The number of carboxylic acids is 1. The van der Waals surface area contributed by atoms with Crippen molar-refractivity contribution < 1.29 is 34.1 Å². The van der Waals surface area contributed by atoms with E-state index in [-0.39, 0.29) is 25.3 Å². The van der Waals surface area contributed by atoms with Crippen LogP contribution in [0.4, 0.5) is 9.59 Å². The van der Waals surface area contributed by atoms with Crippen LogP contribution in [0.2, 0.25) is 0 Å². The lowest BCUT2D eigenvalue weighted by atomic mass is 10.2. The van der Waals surface area contributed by atoms with E-state index in [2.05, 4.69) is 10.6 Å². The van der Waals surface area contributed by atoms with Gasteiger partial charge in [-0.25, -0.2) is 9.59 Å². The van der Waals surface area contributed by atoms with Crippen molar-refractivity contribution in [2.24, 2.45) is 0 Å². The molecular formula is C20H38N4O7. The molecule has 2 aliphatic heterocycles.